The van der Waals surface area contributed by atoms with E-state index < -0.39 is 0 Å². The molecule has 1 aliphatic rings. The number of aryl methyl sites for hydroxylation is 3. The molecule has 0 saturated heterocycles. The van der Waals surface area contributed by atoms with Gasteiger partial charge in [-0.1, -0.05) is 5.57 Å². The van der Waals surface area contributed by atoms with Crippen molar-refractivity contribution in [1.29, 1.82) is 0 Å². The molecule has 2 amide bonds. The summed E-state index contributed by atoms with van der Waals surface area (Å²) >= 11 is 0. The number of hydrogen-bond acceptors (Lipinski definition) is 7. The highest BCUT2D eigenvalue weighted by Gasteiger charge is 2.27. The molecule has 3 heterocycles. The highest BCUT2D eigenvalue weighted by atomic mass is 16.3. The number of anilines is 1. The predicted molar refractivity (Wildman–Crippen MR) is 124 cm³/mol. The van der Waals surface area contributed by atoms with Crippen molar-refractivity contribution < 1.29 is 14.7 Å². The molecule has 1 aliphatic heterocycles. The van der Waals surface area contributed by atoms with Crippen LogP contribution in [0.25, 0.3) is 0 Å². The second-order valence-electron chi connectivity index (χ2n) is 8.30. The molecule has 3 rings (SSSR count). The number of nitrogen functional groups attached to an aromatic ring is 1. The highest BCUT2D eigenvalue weighted by Crippen LogP contribution is 2.21. The van der Waals surface area contributed by atoms with E-state index in [1.54, 1.807) is 11.1 Å². The third-order valence-corrected chi connectivity index (χ3v) is 5.96. The Kier molecular flexibility index (Phi) is 7.83. The Hall–Kier alpha value is -3.24. The lowest BCUT2D eigenvalue weighted by molar-refractivity contribution is -0.132. The smallest absolute Gasteiger partial charge is 0.264 e. The van der Waals surface area contributed by atoms with E-state index in [9.17, 15) is 14.7 Å². The number of aliphatic hydroxyl groups is 1. The van der Waals surface area contributed by atoms with Crippen molar-refractivity contribution in [3.05, 3.63) is 51.5 Å². The highest BCUT2D eigenvalue weighted by molar-refractivity contribution is 5.99. The first kappa shape index (κ1) is 24.4. The van der Waals surface area contributed by atoms with E-state index in [1.165, 1.54) is 0 Å². The van der Waals surface area contributed by atoms with Crippen LogP contribution in [0.4, 0.5) is 5.82 Å². The number of aliphatic hydroxyl groups excluding tert-OH is 1. The van der Waals surface area contributed by atoms with Gasteiger partial charge in [-0.25, -0.2) is 10.4 Å². The van der Waals surface area contributed by atoms with Gasteiger partial charge in [-0.05, 0) is 51.3 Å². The topological polar surface area (TPSA) is 138 Å². The van der Waals surface area contributed by atoms with Crippen molar-refractivity contribution in [2.45, 2.75) is 66.8 Å². The SMILES string of the molecule is CCn1cc(CNN2CCC(C)=C(CC(=O)NCc3c(C)cc(N)nc3CO)C2=O)c(C)n1. The number of carbonyl (C=O) groups is 2. The monoisotopic (exact) mass is 455 g/mol. The molecule has 33 heavy (non-hydrogen) atoms. The summed E-state index contributed by atoms with van der Waals surface area (Å²) in [6, 6.07) is 1.70. The number of nitrogens with zero attached hydrogens (tertiary/aromatic N) is 4. The minimum absolute atomic E-state index is 0.00838. The largest absolute Gasteiger partial charge is 0.390 e. The summed E-state index contributed by atoms with van der Waals surface area (Å²) in [6.07, 6.45) is 2.66. The van der Waals surface area contributed by atoms with Crippen molar-refractivity contribution in [2.75, 3.05) is 12.3 Å². The van der Waals surface area contributed by atoms with E-state index in [4.69, 9.17) is 5.73 Å². The van der Waals surface area contributed by atoms with Gasteiger partial charge in [0, 0.05) is 43.5 Å². The second-order valence-corrected chi connectivity index (χ2v) is 8.30. The van der Waals surface area contributed by atoms with Gasteiger partial charge in [0.15, 0.2) is 0 Å². The molecule has 10 heteroatoms. The van der Waals surface area contributed by atoms with Crippen LogP contribution in [-0.2, 0) is 35.8 Å². The van der Waals surface area contributed by atoms with Crippen LogP contribution in [-0.4, -0.2) is 43.2 Å². The number of pyridine rings is 1. The van der Waals surface area contributed by atoms with E-state index in [0.717, 1.165) is 34.5 Å². The second kappa shape index (κ2) is 10.6. The Morgan fingerprint density at radius 2 is 2.03 bits per heavy atom. The van der Waals surface area contributed by atoms with Crippen molar-refractivity contribution in [3.63, 3.8) is 0 Å². The number of hydrogen-bond donors (Lipinski definition) is 4. The summed E-state index contributed by atoms with van der Waals surface area (Å²) in [5.74, 6) is -0.124. The quantitative estimate of drug-likeness (QED) is 0.446. The molecule has 5 N–H and O–H groups in total. The predicted octanol–water partition coefficient (Wildman–Crippen LogP) is 1.25. The zero-order valence-corrected chi connectivity index (χ0v) is 19.7. The lowest BCUT2D eigenvalue weighted by Crippen LogP contribution is -2.47. The fourth-order valence-electron chi connectivity index (χ4n) is 3.90. The van der Waals surface area contributed by atoms with Crippen LogP contribution in [0.2, 0.25) is 0 Å². The van der Waals surface area contributed by atoms with Gasteiger partial charge >= 0.3 is 0 Å². The molecule has 2 aromatic rings. The van der Waals surface area contributed by atoms with Crippen LogP contribution in [0.1, 0.15) is 54.8 Å². The molecule has 0 radical (unpaired) electrons. The minimum atomic E-state index is -0.267. The Labute approximate surface area is 193 Å². The molecular weight excluding hydrogens is 422 g/mol. The first-order valence-electron chi connectivity index (χ1n) is 11.1. The van der Waals surface area contributed by atoms with Gasteiger partial charge in [0.1, 0.15) is 5.82 Å². The van der Waals surface area contributed by atoms with E-state index in [0.29, 0.717) is 36.6 Å². The number of nitrogens with one attached hydrogen (secondary N) is 2. The average Bonchev–Trinajstić information content (AvgIpc) is 3.14. The van der Waals surface area contributed by atoms with E-state index in [1.807, 2.05) is 38.6 Å². The molecule has 2 aromatic heterocycles. The van der Waals surface area contributed by atoms with Crippen molar-refractivity contribution in [3.8, 4) is 0 Å². The summed E-state index contributed by atoms with van der Waals surface area (Å²) in [5, 5.41) is 18.4. The molecule has 0 atom stereocenters. The Morgan fingerprint density at radius 3 is 2.70 bits per heavy atom. The number of carbonyl (C=O) groups excluding carboxylic acids is 2. The van der Waals surface area contributed by atoms with Gasteiger partial charge < -0.3 is 16.2 Å². The van der Waals surface area contributed by atoms with Crippen LogP contribution in [0.15, 0.2) is 23.4 Å². The maximum atomic E-state index is 13.1. The van der Waals surface area contributed by atoms with Gasteiger partial charge in [0.25, 0.3) is 5.91 Å². The molecule has 0 spiro atoms. The standard InChI is InChI=1S/C23H33N7O3/c1-5-29-12-17(16(4)28-29)10-26-30-7-6-14(2)18(23(30)33)9-22(32)25-11-19-15(3)8-21(24)27-20(19)13-31/h8,12,26,31H,5-7,9-11,13H2,1-4H3,(H2,24,27)(H,25,32). The van der Waals surface area contributed by atoms with E-state index in [-0.39, 0.29) is 31.4 Å². The fourth-order valence-corrected chi connectivity index (χ4v) is 3.90. The normalized spacial score (nSPS) is 14.2. The Morgan fingerprint density at radius 1 is 1.27 bits per heavy atom. The molecule has 10 nitrogen and oxygen atoms in total. The molecule has 0 fully saturated rings. The van der Waals surface area contributed by atoms with E-state index in [2.05, 4.69) is 20.8 Å². The summed E-state index contributed by atoms with van der Waals surface area (Å²) < 4.78 is 1.87. The summed E-state index contributed by atoms with van der Waals surface area (Å²) in [6.45, 7) is 9.48. The molecule has 0 saturated carbocycles. The third-order valence-electron chi connectivity index (χ3n) is 5.96. The lowest BCUT2D eigenvalue weighted by atomic mass is 9.98. The zero-order chi connectivity index (χ0) is 24.1. The fraction of sp³-hybridized carbons (Fsp3) is 0.478. The first-order valence-corrected chi connectivity index (χ1v) is 11.1. The number of aromatic nitrogens is 3. The van der Waals surface area contributed by atoms with Crippen LogP contribution in [0, 0.1) is 13.8 Å². The summed E-state index contributed by atoms with van der Waals surface area (Å²) in [7, 11) is 0. The van der Waals surface area contributed by atoms with Gasteiger partial charge in [0.05, 0.1) is 24.4 Å². The number of hydrazine groups is 1. The molecule has 0 aliphatic carbocycles. The van der Waals surface area contributed by atoms with Crippen LogP contribution in [0.5, 0.6) is 0 Å². The zero-order valence-electron chi connectivity index (χ0n) is 19.7. The molecular formula is C23H33N7O3. The maximum Gasteiger partial charge on any atom is 0.264 e. The number of rotatable bonds is 9. The van der Waals surface area contributed by atoms with Crippen LogP contribution in [0.3, 0.4) is 0 Å². The van der Waals surface area contributed by atoms with Crippen molar-refractivity contribution in [2.24, 2.45) is 0 Å². The molecule has 0 bridgehead atoms. The van der Waals surface area contributed by atoms with Gasteiger partial charge in [-0.15, -0.1) is 0 Å². The maximum absolute atomic E-state index is 13.1. The third kappa shape index (κ3) is 5.77. The number of nitrogens with two attached hydrogens (primary N) is 1. The number of amides is 2. The van der Waals surface area contributed by atoms with Gasteiger partial charge in [0.2, 0.25) is 5.91 Å². The van der Waals surface area contributed by atoms with E-state index >= 15 is 0 Å². The summed E-state index contributed by atoms with van der Waals surface area (Å²) in [4.78, 5) is 29.8. The lowest BCUT2D eigenvalue weighted by Gasteiger charge is -2.30. The first-order chi connectivity index (χ1) is 15.7. The molecule has 0 unspecified atom stereocenters. The Bertz CT molecular complexity index is 1070. The van der Waals surface area contributed by atoms with Gasteiger partial charge in [-0.2, -0.15) is 5.10 Å². The summed E-state index contributed by atoms with van der Waals surface area (Å²) in [5.41, 5.74) is 14.3. The Balaban J connectivity index is 1.61. The van der Waals surface area contributed by atoms with Gasteiger partial charge in [-0.3, -0.25) is 19.3 Å². The minimum Gasteiger partial charge on any atom is -0.390 e. The van der Waals surface area contributed by atoms with Crippen LogP contribution < -0.4 is 16.5 Å². The van der Waals surface area contributed by atoms with Crippen molar-refractivity contribution in [1.82, 2.24) is 30.5 Å². The molecule has 178 valence electrons. The van der Waals surface area contributed by atoms with Crippen molar-refractivity contribution >= 4 is 17.6 Å². The average molecular weight is 456 g/mol. The molecule has 0 aromatic carbocycles. The van der Waals surface area contributed by atoms with Crippen LogP contribution >= 0.6 is 0 Å².